The quantitative estimate of drug-likeness (QED) is 0.660. The van der Waals surface area contributed by atoms with E-state index in [2.05, 4.69) is 47.6 Å². The highest BCUT2D eigenvalue weighted by atomic mass is 16.1. The number of carbonyl (C=O) groups excluding carboxylic acids is 1. The third kappa shape index (κ3) is 1.57. The molecule has 1 nitrogen and oxygen atoms in total. The van der Waals surface area contributed by atoms with E-state index in [-0.39, 0.29) is 10.8 Å². The molecule has 1 atom stereocenters. The average molecular weight is 256 g/mol. The number of Topliss-reactive ketones (excluding diaryl/α,β-unsaturated/α-hetero) is 1. The summed E-state index contributed by atoms with van der Waals surface area (Å²) < 4.78 is 0. The van der Waals surface area contributed by atoms with Crippen molar-refractivity contribution in [2.75, 3.05) is 0 Å². The highest BCUT2D eigenvalue weighted by Crippen LogP contribution is 2.54. The van der Waals surface area contributed by atoms with Gasteiger partial charge in [0.05, 0.1) is 0 Å². The average Bonchev–Trinajstić information content (AvgIpc) is 2.61. The van der Waals surface area contributed by atoms with Crippen LogP contribution in [0.1, 0.15) is 86.0 Å². The van der Waals surface area contributed by atoms with Crippen molar-refractivity contribution in [3.8, 4) is 0 Å². The minimum absolute atomic E-state index is 0.190. The Morgan fingerprint density at radius 2 is 1.79 bits per heavy atom. The Morgan fingerprint density at radius 1 is 1.16 bits per heavy atom. The molecule has 0 radical (unpaired) electrons. The second kappa shape index (κ2) is 3.50. The lowest BCUT2D eigenvalue weighted by Gasteiger charge is -2.24. The lowest BCUT2D eigenvalue weighted by molar-refractivity contribution is 0.0989. The number of aryl methyl sites for hydroxylation is 1. The van der Waals surface area contributed by atoms with Gasteiger partial charge < -0.3 is 0 Å². The summed E-state index contributed by atoms with van der Waals surface area (Å²) in [5.74, 6) is 0.743. The van der Waals surface area contributed by atoms with E-state index in [4.69, 9.17) is 0 Å². The van der Waals surface area contributed by atoms with Gasteiger partial charge in [-0.05, 0) is 52.3 Å². The van der Waals surface area contributed by atoms with Gasteiger partial charge >= 0.3 is 0 Å². The first-order valence-electron chi connectivity index (χ1n) is 7.37. The molecule has 0 spiro atoms. The van der Waals surface area contributed by atoms with Crippen LogP contribution >= 0.6 is 0 Å². The molecule has 102 valence electrons. The van der Waals surface area contributed by atoms with Crippen molar-refractivity contribution in [2.24, 2.45) is 0 Å². The molecular formula is C18H24O. The number of hydrogen-bond acceptors (Lipinski definition) is 1. The van der Waals surface area contributed by atoms with Crippen molar-refractivity contribution >= 4 is 5.78 Å². The minimum atomic E-state index is 0.190. The van der Waals surface area contributed by atoms with Crippen LogP contribution in [0, 0.1) is 6.92 Å². The molecule has 2 aliphatic carbocycles. The molecule has 0 bridgehead atoms. The zero-order chi connectivity index (χ0) is 14.2. The van der Waals surface area contributed by atoms with E-state index in [1.54, 1.807) is 0 Å². The number of hydrogen-bond donors (Lipinski definition) is 0. The van der Waals surface area contributed by atoms with E-state index in [0.717, 1.165) is 5.56 Å². The Kier molecular flexibility index (Phi) is 2.38. The molecule has 2 aliphatic rings. The van der Waals surface area contributed by atoms with Crippen LogP contribution in [-0.2, 0) is 10.8 Å². The van der Waals surface area contributed by atoms with Gasteiger partial charge in [-0.3, -0.25) is 4.79 Å². The molecule has 0 N–H and O–H groups in total. The third-order valence-electron chi connectivity index (χ3n) is 5.12. The molecular weight excluding hydrogens is 232 g/mol. The predicted octanol–water partition coefficient (Wildman–Crippen LogP) is 4.64. The number of benzene rings is 1. The molecule has 0 heterocycles. The molecule has 1 unspecified atom stereocenters. The van der Waals surface area contributed by atoms with Gasteiger partial charge in [0.2, 0.25) is 0 Å². The van der Waals surface area contributed by atoms with Gasteiger partial charge in [-0.1, -0.05) is 40.7 Å². The Balaban J connectivity index is 2.41. The Labute approximate surface area is 116 Å². The van der Waals surface area contributed by atoms with Crippen LogP contribution in [0.4, 0.5) is 0 Å². The van der Waals surface area contributed by atoms with Crippen molar-refractivity contribution in [2.45, 2.75) is 71.1 Å². The van der Waals surface area contributed by atoms with Crippen molar-refractivity contribution in [1.82, 2.24) is 0 Å². The molecule has 19 heavy (non-hydrogen) atoms. The first-order valence-corrected chi connectivity index (χ1v) is 7.37. The fourth-order valence-corrected chi connectivity index (χ4v) is 4.74. The molecule has 1 aromatic carbocycles. The van der Waals surface area contributed by atoms with E-state index in [1.165, 1.54) is 28.7 Å². The van der Waals surface area contributed by atoms with Crippen molar-refractivity contribution in [1.29, 1.82) is 0 Å². The smallest absolute Gasteiger partial charge is 0.164 e. The Bertz CT molecular complexity index is 590. The highest BCUT2D eigenvalue weighted by Gasteiger charge is 2.46. The second-order valence-corrected chi connectivity index (χ2v) is 7.88. The van der Waals surface area contributed by atoms with Gasteiger partial charge in [0, 0.05) is 12.0 Å². The fraction of sp³-hybridized carbons (Fsp3) is 0.611. The normalized spacial score (nSPS) is 26.4. The van der Waals surface area contributed by atoms with Crippen molar-refractivity contribution in [3.63, 3.8) is 0 Å². The lowest BCUT2D eigenvalue weighted by Crippen LogP contribution is -2.18. The van der Waals surface area contributed by atoms with Crippen LogP contribution in [0.3, 0.4) is 0 Å². The first-order chi connectivity index (χ1) is 8.65. The standard InChI is InChI=1S/C18H24O/c1-10-7-12-16(18(5,6)9-17(12,3)4)15-11(2)8-13(19)14(10)15/h7,11H,8-9H2,1-6H3. The highest BCUT2D eigenvalue weighted by molar-refractivity contribution is 6.03. The molecule has 3 rings (SSSR count). The summed E-state index contributed by atoms with van der Waals surface area (Å²) in [6.45, 7) is 13.7. The van der Waals surface area contributed by atoms with E-state index in [0.29, 0.717) is 18.1 Å². The molecule has 1 heteroatoms. The predicted molar refractivity (Wildman–Crippen MR) is 79.2 cm³/mol. The zero-order valence-electron chi connectivity index (χ0n) is 13.0. The fourth-order valence-electron chi connectivity index (χ4n) is 4.74. The molecule has 0 fully saturated rings. The number of ketones is 1. The van der Waals surface area contributed by atoms with Gasteiger partial charge in [0.25, 0.3) is 0 Å². The van der Waals surface area contributed by atoms with Gasteiger partial charge in [-0.25, -0.2) is 0 Å². The second-order valence-electron chi connectivity index (χ2n) is 7.88. The zero-order valence-corrected chi connectivity index (χ0v) is 13.0. The molecule has 0 saturated heterocycles. The van der Waals surface area contributed by atoms with Crippen LogP contribution in [0.2, 0.25) is 0 Å². The minimum Gasteiger partial charge on any atom is -0.294 e. The monoisotopic (exact) mass is 256 g/mol. The molecule has 0 amide bonds. The third-order valence-corrected chi connectivity index (χ3v) is 5.12. The van der Waals surface area contributed by atoms with Crippen LogP contribution < -0.4 is 0 Å². The summed E-state index contributed by atoms with van der Waals surface area (Å²) in [6.07, 6.45) is 1.87. The topological polar surface area (TPSA) is 17.1 Å². The Hall–Kier alpha value is -1.11. The molecule has 0 aromatic heterocycles. The molecule has 1 aromatic rings. The molecule has 0 aliphatic heterocycles. The van der Waals surface area contributed by atoms with Gasteiger partial charge in [0.1, 0.15) is 0 Å². The van der Waals surface area contributed by atoms with Gasteiger partial charge in [-0.15, -0.1) is 0 Å². The van der Waals surface area contributed by atoms with E-state index in [1.807, 2.05) is 0 Å². The van der Waals surface area contributed by atoms with Crippen LogP contribution in [0.15, 0.2) is 6.07 Å². The number of fused-ring (bicyclic) bond motifs is 3. The largest absolute Gasteiger partial charge is 0.294 e. The molecule has 0 saturated carbocycles. The summed E-state index contributed by atoms with van der Waals surface area (Å²) in [5, 5.41) is 0. The summed E-state index contributed by atoms with van der Waals surface area (Å²) in [6, 6.07) is 2.29. The van der Waals surface area contributed by atoms with Crippen LogP contribution in [0.5, 0.6) is 0 Å². The lowest BCUT2D eigenvalue weighted by atomic mass is 9.79. The van der Waals surface area contributed by atoms with E-state index in [9.17, 15) is 4.79 Å². The summed E-state index contributed by atoms with van der Waals surface area (Å²) >= 11 is 0. The maximum absolute atomic E-state index is 12.3. The summed E-state index contributed by atoms with van der Waals surface area (Å²) in [7, 11) is 0. The summed E-state index contributed by atoms with van der Waals surface area (Å²) in [4.78, 5) is 12.3. The van der Waals surface area contributed by atoms with Crippen LogP contribution in [-0.4, -0.2) is 5.78 Å². The van der Waals surface area contributed by atoms with E-state index >= 15 is 0 Å². The van der Waals surface area contributed by atoms with Gasteiger partial charge in [0.15, 0.2) is 5.78 Å². The number of rotatable bonds is 0. The maximum Gasteiger partial charge on any atom is 0.164 e. The van der Waals surface area contributed by atoms with Gasteiger partial charge in [-0.2, -0.15) is 0 Å². The summed E-state index contributed by atoms with van der Waals surface area (Å²) in [5.41, 5.74) is 6.98. The first kappa shape index (κ1) is 12.9. The Morgan fingerprint density at radius 3 is 2.42 bits per heavy atom. The van der Waals surface area contributed by atoms with Crippen molar-refractivity contribution < 1.29 is 4.79 Å². The van der Waals surface area contributed by atoms with Crippen molar-refractivity contribution in [3.05, 3.63) is 33.9 Å². The van der Waals surface area contributed by atoms with E-state index < -0.39 is 0 Å². The SMILES string of the molecule is Cc1cc2c(c3c1C(=O)CC3C)C(C)(C)CC2(C)C. The maximum atomic E-state index is 12.3. The van der Waals surface area contributed by atoms with Crippen LogP contribution in [0.25, 0.3) is 0 Å². The number of carbonyl (C=O) groups is 1.